The van der Waals surface area contributed by atoms with E-state index < -0.39 is 0 Å². The molecule has 2 nitrogen and oxygen atoms in total. The van der Waals surface area contributed by atoms with Crippen LogP contribution in [0.1, 0.15) is 47.0 Å². The van der Waals surface area contributed by atoms with Gasteiger partial charge in [-0.2, -0.15) is 0 Å². The van der Waals surface area contributed by atoms with E-state index in [1.807, 2.05) is 0 Å². The van der Waals surface area contributed by atoms with Crippen molar-refractivity contribution in [2.24, 2.45) is 17.1 Å². The standard InChI is InChI=1S/C12H25NO/c1-9-6-8-14-11(9)10(13)5-7-12(2,3)4/h9-11H,5-8,13H2,1-4H3. The van der Waals surface area contributed by atoms with Gasteiger partial charge in [-0.1, -0.05) is 27.7 Å². The Bertz CT molecular complexity index is 174. The van der Waals surface area contributed by atoms with Crippen LogP contribution in [0.4, 0.5) is 0 Å². The molecule has 0 saturated carbocycles. The van der Waals surface area contributed by atoms with Crippen LogP contribution in [0.5, 0.6) is 0 Å². The van der Waals surface area contributed by atoms with Crippen molar-refractivity contribution in [3.63, 3.8) is 0 Å². The summed E-state index contributed by atoms with van der Waals surface area (Å²) in [6, 6.07) is 0.228. The smallest absolute Gasteiger partial charge is 0.0752 e. The zero-order valence-corrected chi connectivity index (χ0v) is 10.0. The Kier molecular flexibility index (Phi) is 3.96. The molecular formula is C12H25NO. The van der Waals surface area contributed by atoms with Crippen LogP contribution in [0.2, 0.25) is 0 Å². The highest BCUT2D eigenvalue weighted by Crippen LogP contribution is 2.27. The fourth-order valence-electron chi connectivity index (χ4n) is 2.03. The molecule has 0 spiro atoms. The summed E-state index contributed by atoms with van der Waals surface area (Å²) in [4.78, 5) is 0. The van der Waals surface area contributed by atoms with Gasteiger partial charge < -0.3 is 10.5 Å². The van der Waals surface area contributed by atoms with Gasteiger partial charge >= 0.3 is 0 Å². The van der Waals surface area contributed by atoms with E-state index in [-0.39, 0.29) is 6.04 Å². The van der Waals surface area contributed by atoms with Crippen LogP contribution in [0.15, 0.2) is 0 Å². The summed E-state index contributed by atoms with van der Waals surface area (Å²) in [6.07, 6.45) is 3.74. The first kappa shape index (κ1) is 12.0. The van der Waals surface area contributed by atoms with Gasteiger partial charge in [-0.25, -0.2) is 0 Å². The van der Waals surface area contributed by atoms with Gasteiger partial charge in [0.05, 0.1) is 6.10 Å². The molecule has 1 heterocycles. The van der Waals surface area contributed by atoms with Gasteiger partial charge in [0.2, 0.25) is 0 Å². The first-order chi connectivity index (χ1) is 6.40. The number of rotatable bonds is 3. The van der Waals surface area contributed by atoms with E-state index in [9.17, 15) is 0 Å². The van der Waals surface area contributed by atoms with Gasteiger partial charge in [0.15, 0.2) is 0 Å². The molecule has 0 aromatic carbocycles. The van der Waals surface area contributed by atoms with Crippen LogP contribution >= 0.6 is 0 Å². The van der Waals surface area contributed by atoms with Crippen LogP contribution in [0.25, 0.3) is 0 Å². The van der Waals surface area contributed by atoms with Crippen LogP contribution in [-0.2, 0) is 4.74 Å². The highest BCUT2D eigenvalue weighted by molar-refractivity contribution is 4.83. The molecule has 1 rings (SSSR count). The summed E-state index contributed by atoms with van der Waals surface area (Å²) in [5, 5.41) is 0. The van der Waals surface area contributed by atoms with Crippen molar-refractivity contribution < 1.29 is 4.74 Å². The fourth-order valence-corrected chi connectivity index (χ4v) is 2.03. The molecule has 3 unspecified atom stereocenters. The van der Waals surface area contributed by atoms with E-state index in [0.29, 0.717) is 17.4 Å². The highest BCUT2D eigenvalue weighted by atomic mass is 16.5. The molecule has 1 aliphatic rings. The minimum absolute atomic E-state index is 0.228. The molecule has 1 saturated heterocycles. The lowest BCUT2D eigenvalue weighted by Gasteiger charge is -2.26. The van der Waals surface area contributed by atoms with Crippen molar-refractivity contribution in [1.29, 1.82) is 0 Å². The number of nitrogens with two attached hydrogens (primary N) is 1. The highest BCUT2D eigenvalue weighted by Gasteiger charge is 2.30. The van der Waals surface area contributed by atoms with Gasteiger partial charge in [-0.05, 0) is 30.6 Å². The molecule has 14 heavy (non-hydrogen) atoms. The molecule has 2 heteroatoms. The summed E-state index contributed by atoms with van der Waals surface area (Å²) in [7, 11) is 0. The summed E-state index contributed by atoms with van der Waals surface area (Å²) in [5.41, 5.74) is 6.54. The second kappa shape index (κ2) is 4.63. The molecule has 2 N–H and O–H groups in total. The van der Waals surface area contributed by atoms with Crippen molar-refractivity contribution in [1.82, 2.24) is 0 Å². The van der Waals surface area contributed by atoms with Crippen molar-refractivity contribution in [2.75, 3.05) is 6.61 Å². The van der Waals surface area contributed by atoms with Gasteiger partial charge in [-0.3, -0.25) is 0 Å². The Labute approximate surface area is 88.2 Å². The molecule has 0 aromatic heterocycles. The van der Waals surface area contributed by atoms with Crippen molar-refractivity contribution in [3.05, 3.63) is 0 Å². The van der Waals surface area contributed by atoms with E-state index >= 15 is 0 Å². The fraction of sp³-hybridized carbons (Fsp3) is 1.00. The quantitative estimate of drug-likeness (QED) is 0.758. The maximum Gasteiger partial charge on any atom is 0.0752 e. The lowest BCUT2D eigenvalue weighted by molar-refractivity contribution is 0.0668. The SMILES string of the molecule is CC1CCOC1C(N)CCC(C)(C)C. The lowest BCUT2D eigenvalue weighted by Crippen LogP contribution is -2.38. The van der Waals surface area contributed by atoms with Crippen molar-refractivity contribution in [3.8, 4) is 0 Å². The molecule has 0 radical (unpaired) electrons. The van der Waals surface area contributed by atoms with Crippen molar-refractivity contribution in [2.45, 2.75) is 59.1 Å². The minimum Gasteiger partial charge on any atom is -0.376 e. The maximum absolute atomic E-state index is 6.15. The Morgan fingerprint density at radius 2 is 2.07 bits per heavy atom. The van der Waals surface area contributed by atoms with E-state index in [1.54, 1.807) is 0 Å². The Morgan fingerprint density at radius 3 is 2.50 bits per heavy atom. The normalized spacial score (nSPS) is 30.6. The monoisotopic (exact) mass is 199 g/mol. The van der Waals surface area contributed by atoms with E-state index in [4.69, 9.17) is 10.5 Å². The molecule has 0 aliphatic carbocycles. The Balaban J connectivity index is 2.31. The molecule has 1 aliphatic heterocycles. The van der Waals surface area contributed by atoms with Crippen LogP contribution in [-0.4, -0.2) is 18.8 Å². The van der Waals surface area contributed by atoms with Crippen LogP contribution in [0.3, 0.4) is 0 Å². The predicted molar refractivity (Wildman–Crippen MR) is 60.2 cm³/mol. The Hall–Kier alpha value is -0.0800. The average molecular weight is 199 g/mol. The average Bonchev–Trinajstić information content (AvgIpc) is 2.46. The second-order valence-corrected chi connectivity index (χ2v) is 5.86. The van der Waals surface area contributed by atoms with Gasteiger partial charge in [-0.15, -0.1) is 0 Å². The van der Waals surface area contributed by atoms with Gasteiger partial charge in [0, 0.05) is 12.6 Å². The maximum atomic E-state index is 6.15. The first-order valence-electron chi connectivity index (χ1n) is 5.77. The zero-order chi connectivity index (χ0) is 10.8. The van der Waals surface area contributed by atoms with Crippen molar-refractivity contribution >= 4 is 0 Å². The summed E-state index contributed by atoms with van der Waals surface area (Å²) >= 11 is 0. The van der Waals surface area contributed by atoms with Gasteiger partial charge in [0.1, 0.15) is 0 Å². The molecule has 0 amide bonds. The lowest BCUT2D eigenvalue weighted by atomic mass is 9.86. The van der Waals surface area contributed by atoms with Crippen LogP contribution < -0.4 is 5.73 Å². The molecule has 84 valence electrons. The summed E-state index contributed by atoms with van der Waals surface area (Å²) in [6.45, 7) is 9.93. The summed E-state index contributed by atoms with van der Waals surface area (Å²) < 4.78 is 5.67. The minimum atomic E-state index is 0.228. The molecule has 3 atom stereocenters. The zero-order valence-electron chi connectivity index (χ0n) is 10.0. The second-order valence-electron chi connectivity index (χ2n) is 5.86. The van der Waals surface area contributed by atoms with Crippen LogP contribution in [0, 0.1) is 11.3 Å². The largest absolute Gasteiger partial charge is 0.376 e. The van der Waals surface area contributed by atoms with Gasteiger partial charge in [0.25, 0.3) is 0 Å². The Morgan fingerprint density at radius 1 is 1.43 bits per heavy atom. The molecule has 0 aromatic rings. The van der Waals surface area contributed by atoms with E-state index in [1.165, 1.54) is 12.8 Å². The van der Waals surface area contributed by atoms with E-state index in [0.717, 1.165) is 13.0 Å². The molecular weight excluding hydrogens is 174 g/mol. The predicted octanol–water partition coefficient (Wildman–Crippen LogP) is 2.57. The first-order valence-corrected chi connectivity index (χ1v) is 5.77. The molecule has 0 bridgehead atoms. The number of hydrogen-bond acceptors (Lipinski definition) is 2. The molecule has 1 fully saturated rings. The third-order valence-corrected chi connectivity index (χ3v) is 3.09. The topological polar surface area (TPSA) is 35.2 Å². The third-order valence-electron chi connectivity index (χ3n) is 3.09. The number of ether oxygens (including phenoxy) is 1. The van der Waals surface area contributed by atoms with E-state index in [2.05, 4.69) is 27.7 Å². The third kappa shape index (κ3) is 3.58. The summed E-state index contributed by atoms with van der Waals surface area (Å²) in [5.74, 6) is 0.643. The number of hydrogen-bond donors (Lipinski definition) is 1.